The van der Waals surface area contributed by atoms with Crippen LogP contribution in [0.1, 0.15) is 24.2 Å². The Labute approximate surface area is 140 Å². The van der Waals surface area contributed by atoms with E-state index >= 15 is 0 Å². The minimum absolute atomic E-state index is 0.157. The lowest BCUT2D eigenvalue weighted by atomic mass is 10.0. The second-order valence-corrected chi connectivity index (χ2v) is 6.32. The smallest absolute Gasteiger partial charge is 0.337 e. The highest BCUT2D eigenvalue weighted by Crippen LogP contribution is 2.31. The predicted molar refractivity (Wildman–Crippen MR) is 91.9 cm³/mol. The molecule has 128 valence electrons. The Bertz CT molecular complexity index is 768. The van der Waals surface area contributed by atoms with Crippen molar-refractivity contribution >= 4 is 22.6 Å². The molecule has 1 N–H and O–H groups in total. The Hall–Kier alpha value is -2.41. The fourth-order valence-electron chi connectivity index (χ4n) is 3.24. The predicted octanol–water partition coefficient (Wildman–Crippen LogP) is 1.87. The number of nitrogens with zero attached hydrogens (tertiary/aromatic N) is 4. The van der Waals surface area contributed by atoms with Gasteiger partial charge in [0.15, 0.2) is 0 Å². The van der Waals surface area contributed by atoms with Crippen LogP contribution in [0.5, 0.6) is 6.01 Å². The van der Waals surface area contributed by atoms with Crippen LogP contribution < -0.4 is 9.64 Å². The van der Waals surface area contributed by atoms with E-state index in [1.807, 2.05) is 6.07 Å². The zero-order valence-corrected chi connectivity index (χ0v) is 14.4. The van der Waals surface area contributed by atoms with Crippen molar-refractivity contribution in [3.63, 3.8) is 0 Å². The number of hydrogen-bond acceptors (Lipinski definition) is 6. The number of aromatic carboxylic acids is 1. The number of benzene rings is 1. The van der Waals surface area contributed by atoms with Crippen LogP contribution in [-0.4, -0.2) is 65.3 Å². The molecular formula is C17H22N4O3. The molecule has 1 saturated heterocycles. The summed E-state index contributed by atoms with van der Waals surface area (Å²) in [7, 11) is 3.60. The van der Waals surface area contributed by atoms with Crippen molar-refractivity contribution in [3.05, 3.63) is 23.9 Å². The first-order valence-corrected chi connectivity index (χ1v) is 7.96. The van der Waals surface area contributed by atoms with Crippen LogP contribution in [0.15, 0.2) is 18.3 Å². The minimum atomic E-state index is -1.01. The van der Waals surface area contributed by atoms with Crippen LogP contribution in [0.25, 0.3) is 10.9 Å². The average Bonchev–Trinajstić information content (AvgIpc) is 2.57. The number of ether oxygens (including phenoxy) is 1. The summed E-state index contributed by atoms with van der Waals surface area (Å²) in [5.74, 6) is -1.01. The molecule has 0 saturated carbocycles. The normalized spacial score (nSPS) is 21.9. The summed E-state index contributed by atoms with van der Waals surface area (Å²) >= 11 is 0. The monoisotopic (exact) mass is 330 g/mol. The van der Waals surface area contributed by atoms with Crippen LogP contribution in [0.4, 0.5) is 5.69 Å². The molecule has 2 atom stereocenters. The van der Waals surface area contributed by atoms with Gasteiger partial charge in [-0.25, -0.2) is 9.78 Å². The first-order valence-electron chi connectivity index (χ1n) is 7.96. The number of anilines is 1. The van der Waals surface area contributed by atoms with Crippen molar-refractivity contribution in [3.8, 4) is 6.01 Å². The van der Waals surface area contributed by atoms with Gasteiger partial charge in [-0.1, -0.05) is 0 Å². The van der Waals surface area contributed by atoms with E-state index < -0.39 is 5.97 Å². The molecule has 0 radical (unpaired) electrons. The van der Waals surface area contributed by atoms with Crippen molar-refractivity contribution in [2.45, 2.75) is 25.9 Å². The second-order valence-electron chi connectivity index (χ2n) is 6.32. The highest BCUT2D eigenvalue weighted by Gasteiger charge is 2.28. The van der Waals surface area contributed by atoms with E-state index in [0.29, 0.717) is 17.6 Å². The lowest BCUT2D eigenvalue weighted by Gasteiger charge is -2.43. The average molecular weight is 330 g/mol. The van der Waals surface area contributed by atoms with E-state index in [0.717, 1.165) is 24.2 Å². The highest BCUT2D eigenvalue weighted by atomic mass is 16.5. The van der Waals surface area contributed by atoms with Gasteiger partial charge >= 0.3 is 12.0 Å². The van der Waals surface area contributed by atoms with E-state index in [2.05, 4.69) is 40.7 Å². The number of carbonyl (C=O) groups is 1. The fraction of sp³-hybridized carbons (Fsp3) is 0.471. The third-order valence-electron chi connectivity index (χ3n) is 4.82. The molecule has 1 aliphatic heterocycles. The zero-order valence-electron chi connectivity index (χ0n) is 14.4. The third kappa shape index (κ3) is 2.75. The standard InChI is InChI=1S/C17H22N4O3/c1-10-8-21(9-11(2)20(10)3)14-6-5-12(16(22)23)15-13(14)7-18-17(19-15)24-4/h5-7,10-11H,8-9H2,1-4H3,(H,22,23). The number of rotatable bonds is 3. The number of hydrogen-bond donors (Lipinski definition) is 1. The van der Waals surface area contributed by atoms with Gasteiger partial charge in [-0.05, 0) is 33.0 Å². The van der Waals surface area contributed by atoms with Gasteiger partial charge in [0.05, 0.1) is 18.2 Å². The van der Waals surface area contributed by atoms with Crippen LogP contribution in [0.2, 0.25) is 0 Å². The first-order chi connectivity index (χ1) is 11.4. The molecule has 1 aliphatic rings. The van der Waals surface area contributed by atoms with Crippen LogP contribution in [-0.2, 0) is 0 Å². The van der Waals surface area contributed by atoms with Crippen LogP contribution in [0.3, 0.4) is 0 Å². The molecule has 2 unspecified atom stereocenters. The SMILES string of the molecule is COc1ncc2c(N3CC(C)N(C)C(C)C3)ccc(C(=O)O)c2n1. The topological polar surface area (TPSA) is 78.8 Å². The van der Waals surface area contributed by atoms with E-state index in [4.69, 9.17) is 4.74 Å². The quantitative estimate of drug-likeness (QED) is 0.920. The Morgan fingerprint density at radius 1 is 1.29 bits per heavy atom. The number of likely N-dealkylation sites (N-methyl/N-ethyl adjacent to an activating group) is 1. The van der Waals surface area contributed by atoms with Crippen molar-refractivity contribution in [1.29, 1.82) is 0 Å². The van der Waals surface area contributed by atoms with Gasteiger partial charge in [0.1, 0.15) is 0 Å². The largest absolute Gasteiger partial charge is 0.478 e. The van der Waals surface area contributed by atoms with Gasteiger partial charge in [-0.3, -0.25) is 4.90 Å². The van der Waals surface area contributed by atoms with Gasteiger partial charge in [-0.15, -0.1) is 0 Å². The summed E-state index contributed by atoms with van der Waals surface area (Å²) in [6, 6.07) is 4.44. The van der Waals surface area contributed by atoms with Gasteiger partial charge in [-0.2, -0.15) is 4.98 Å². The number of methoxy groups -OCH3 is 1. The van der Waals surface area contributed by atoms with Gasteiger partial charge in [0, 0.05) is 42.4 Å². The Balaban J connectivity index is 2.12. The molecule has 3 rings (SSSR count). The summed E-state index contributed by atoms with van der Waals surface area (Å²) < 4.78 is 5.06. The first kappa shape index (κ1) is 16.4. The Morgan fingerprint density at radius 2 is 1.96 bits per heavy atom. The maximum absolute atomic E-state index is 11.5. The third-order valence-corrected chi connectivity index (χ3v) is 4.82. The van der Waals surface area contributed by atoms with Crippen molar-refractivity contribution < 1.29 is 14.6 Å². The molecule has 0 amide bonds. The summed E-state index contributed by atoms with van der Waals surface area (Å²) in [4.78, 5) is 24.6. The van der Waals surface area contributed by atoms with Gasteiger partial charge < -0.3 is 14.7 Å². The highest BCUT2D eigenvalue weighted by molar-refractivity contribution is 6.05. The van der Waals surface area contributed by atoms with Crippen molar-refractivity contribution in [2.75, 3.05) is 32.1 Å². The number of carboxylic acid groups (broad SMARTS) is 1. The number of carboxylic acids is 1. The van der Waals surface area contributed by atoms with Gasteiger partial charge in [0.2, 0.25) is 0 Å². The molecule has 7 heteroatoms. The number of aromatic nitrogens is 2. The van der Waals surface area contributed by atoms with E-state index in [1.165, 1.54) is 7.11 Å². The van der Waals surface area contributed by atoms with Crippen molar-refractivity contribution in [2.24, 2.45) is 0 Å². The molecule has 24 heavy (non-hydrogen) atoms. The van der Waals surface area contributed by atoms with Gasteiger partial charge in [0.25, 0.3) is 0 Å². The molecule has 0 bridgehead atoms. The second kappa shape index (κ2) is 6.24. The number of fused-ring (bicyclic) bond motifs is 1. The number of piperazine rings is 1. The van der Waals surface area contributed by atoms with Crippen LogP contribution in [0, 0.1) is 0 Å². The molecule has 2 aromatic rings. The van der Waals surface area contributed by atoms with E-state index in [-0.39, 0.29) is 11.6 Å². The maximum atomic E-state index is 11.5. The minimum Gasteiger partial charge on any atom is -0.478 e. The fourth-order valence-corrected chi connectivity index (χ4v) is 3.24. The van der Waals surface area contributed by atoms with E-state index in [9.17, 15) is 9.90 Å². The molecule has 0 aliphatic carbocycles. The summed E-state index contributed by atoms with van der Waals surface area (Å²) in [5, 5.41) is 10.2. The lowest BCUT2D eigenvalue weighted by molar-refractivity contribution is 0.0699. The summed E-state index contributed by atoms with van der Waals surface area (Å²) in [6.45, 7) is 6.12. The molecule has 0 spiro atoms. The van der Waals surface area contributed by atoms with E-state index in [1.54, 1.807) is 12.3 Å². The summed E-state index contributed by atoms with van der Waals surface area (Å²) in [6.07, 6.45) is 1.65. The Kier molecular flexibility index (Phi) is 4.28. The lowest BCUT2D eigenvalue weighted by Crippen LogP contribution is -2.55. The molecule has 1 aromatic carbocycles. The molecule has 2 heterocycles. The molecular weight excluding hydrogens is 308 g/mol. The summed E-state index contributed by atoms with van der Waals surface area (Å²) in [5.41, 5.74) is 1.53. The Morgan fingerprint density at radius 3 is 2.54 bits per heavy atom. The molecule has 7 nitrogen and oxygen atoms in total. The zero-order chi connectivity index (χ0) is 17.4. The molecule has 1 aromatic heterocycles. The van der Waals surface area contributed by atoms with Crippen LogP contribution >= 0.6 is 0 Å². The molecule has 1 fully saturated rings. The maximum Gasteiger partial charge on any atom is 0.337 e. The van der Waals surface area contributed by atoms with Crippen molar-refractivity contribution in [1.82, 2.24) is 14.9 Å².